The first-order valence-corrected chi connectivity index (χ1v) is 6.19. The summed E-state index contributed by atoms with van der Waals surface area (Å²) in [7, 11) is 0. The maximum absolute atomic E-state index is 11.2. The summed E-state index contributed by atoms with van der Waals surface area (Å²) in [6.07, 6.45) is 1.08. The molecule has 0 spiro atoms. The second kappa shape index (κ2) is 4.96. The number of amides is 1. The summed E-state index contributed by atoms with van der Waals surface area (Å²) < 4.78 is 11.1. The van der Waals surface area contributed by atoms with E-state index < -0.39 is 0 Å². The van der Waals surface area contributed by atoms with Crippen molar-refractivity contribution in [2.75, 3.05) is 31.6 Å². The molecule has 0 saturated carbocycles. The van der Waals surface area contributed by atoms with Crippen molar-refractivity contribution in [3.05, 3.63) is 23.8 Å². The summed E-state index contributed by atoms with van der Waals surface area (Å²) >= 11 is 0. The first-order chi connectivity index (χ1) is 8.81. The molecule has 2 aliphatic rings. The molecule has 0 aromatic heterocycles. The number of carbonyl (C=O) groups excluding carboxylic acids is 1. The number of carbonyl (C=O) groups is 1. The minimum absolute atomic E-state index is 0.0952. The third-order valence-corrected chi connectivity index (χ3v) is 3.15. The van der Waals surface area contributed by atoms with Gasteiger partial charge >= 0.3 is 0 Å². The number of fused-ring (bicyclic) bond motifs is 1. The van der Waals surface area contributed by atoms with E-state index in [4.69, 9.17) is 9.47 Å². The van der Waals surface area contributed by atoms with Crippen LogP contribution in [-0.4, -0.2) is 38.3 Å². The Morgan fingerprint density at radius 3 is 3.17 bits per heavy atom. The van der Waals surface area contributed by atoms with E-state index in [1.807, 2.05) is 18.2 Å². The second-order valence-corrected chi connectivity index (χ2v) is 4.57. The van der Waals surface area contributed by atoms with E-state index in [1.165, 1.54) is 5.56 Å². The molecule has 5 nitrogen and oxygen atoms in total. The number of nitrogens with one attached hydrogen (secondary N) is 2. The van der Waals surface area contributed by atoms with Crippen LogP contribution in [0.3, 0.4) is 0 Å². The molecule has 1 aromatic carbocycles. The molecule has 1 unspecified atom stereocenters. The molecule has 1 amide bonds. The van der Waals surface area contributed by atoms with Gasteiger partial charge in [0.25, 0.3) is 5.91 Å². The third-order valence-electron chi connectivity index (χ3n) is 3.15. The van der Waals surface area contributed by atoms with Gasteiger partial charge in [-0.25, -0.2) is 0 Å². The highest BCUT2D eigenvalue weighted by Gasteiger charge is 2.18. The number of anilines is 1. The Kier molecular flexibility index (Phi) is 3.17. The summed E-state index contributed by atoms with van der Waals surface area (Å²) in [6.45, 7) is 2.67. The van der Waals surface area contributed by atoms with Crippen LogP contribution in [0.1, 0.15) is 5.56 Å². The number of ether oxygens (including phenoxy) is 2. The summed E-state index contributed by atoms with van der Waals surface area (Å²) in [5, 5.41) is 6.09. The van der Waals surface area contributed by atoms with Crippen LogP contribution < -0.4 is 15.4 Å². The van der Waals surface area contributed by atoms with Crippen LogP contribution in [0.4, 0.5) is 5.69 Å². The Balaban J connectivity index is 1.71. The number of hydrogen-bond acceptors (Lipinski definition) is 4. The molecule has 1 atom stereocenters. The van der Waals surface area contributed by atoms with Gasteiger partial charge in [-0.1, -0.05) is 6.07 Å². The quantitative estimate of drug-likeness (QED) is 0.802. The van der Waals surface area contributed by atoms with E-state index in [0.717, 1.165) is 37.6 Å². The van der Waals surface area contributed by atoms with Crippen LogP contribution in [-0.2, 0) is 16.0 Å². The summed E-state index contributed by atoms with van der Waals surface area (Å²) in [4.78, 5) is 11.2. The number of benzene rings is 1. The zero-order valence-corrected chi connectivity index (χ0v) is 10.1. The van der Waals surface area contributed by atoms with Crippen LogP contribution in [0, 0.1) is 0 Å². The predicted molar refractivity (Wildman–Crippen MR) is 66.9 cm³/mol. The maximum atomic E-state index is 11.2. The molecule has 2 N–H and O–H groups in total. The Labute approximate surface area is 105 Å². The summed E-state index contributed by atoms with van der Waals surface area (Å²) in [5.74, 6) is 0.644. The molecule has 0 bridgehead atoms. The zero-order chi connectivity index (χ0) is 12.4. The van der Waals surface area contributed by atoms with Gasteiger partial charge in [-0.15, -0.1) is 0 Å². The first-order valence-electron chi connectivity index (χ1n) is 6.19. The van der Waals surface area contributed by atoms with E-state index >= 15 is 0 Å². The van der Waals surface area contributed by atoms with E-state index in [9.17, 15) is 4.79 Å². The molecule has 18 heavy (non-hydrogen) atoms. The lowest BCUT2D eigenvalue weighted by Gasteiger charge is -2.24. The van der Waals surface area contributed by atoms with Gasteiger partial charge in [0.05, 0.1) is 18.4 Å². The Morgan fingerprint density at radius 1 is 1.39 bits per heavy atom. The largest absolute Gasteiger partial charge is 0.482 e. The number of morpholine rings is 1. The highest BCUT2D eigenvalue weighted by molar-refractivity contribution is 5.95. The molecule has 1 fully saturated rings. The molecule has 2 heterocycles. The lowest BCUT2D eigenvalue weighted by atomic mass is 10.1. The van der Waals surface area contributed by atoms with Gasteiger partial charge in [-0.2, -0.15) is 0 Å². The lowest BCUT2D eigenvalue weighted by molar-refractivity contribution is -0.118. The molecule has 2 aliphatic heterocycles. The average molecular weight is 248 g/mol. The zero-order valence-electron chi connectivity index (χ0n) is 10.1. The van der Waals surface area contributed by atoms with Gasteiger partial charge in [0.2, 0.25) is 0 Å². The molecule has 5 heteroatoms. The third kappa shape index (κ3) is 2.47. The van der Waals surface area contributed by atoms with Crippen molar-refractivity contribution in [2.45, 2.75) is 12.5 Å². The highest BCUT2D eigenvalue weighted by atomic mass is 16.5. The van der Waals surface area contributed by atoms with Crippen molar-refractivity contribution >= 4 is 11.6 Å². The van der Waals surface area contributed by atoms with Gasteiger partial charge in [-0.3, -0.25) is 4.79 Å². The highest BCUT2D eigenvalue weighted by Crippen LogP contribution is 2.29. The van der Waals surface area contributed by atoms with Crippen LogP contribution in [0.2, 0.25) is 0 Å². The second-order valence-electron chi connectivity index (χ2n) is 4.57. The van der Waals surface area contributed by atoms with Crippen molar-refractivity contribution in [1.29, 1.82) is 0 Å². The molecule has 0 radical (unpaired) electrons. The Morgan fingerprint density at radius 2 is 2.33 bits per heavy atom. The predicted octanol–water partition coefficient (Wildman–Crippen LogP) is 0.548. The number of hydrogen-bond donors (Lipinski definition) is 2. The molecular formula is C13H16N2O3. The van der Waals surface area contributed by atoms with E-state index in [0.29, 0.717) is 0 Å². The van der Waals surface area contributed by atoms with Crippen molar-refractivity contribution < 1.29 is 14.3 Å². The molecule has 3 rings (SSSR count). The van der Waals surface area contributed by atoms with Crippen molar-refractivity contribution in [3.8, 4) is 5.75 Å². The van der Waals surface area contributed by atoms with Crippen LogP contribution in [0.5, 0.6) is 5.75 Å². The van der Waals surface area contributed by atoms with Gasteiger partial charge < -0.3 is 20.1 Å². The fourth-order valence-corrected chi connectivity index (χ4v) is 2.26. The van der Waals surface area contributed by atoms with Gasteiger partial charge in [0, 0.05) is 19.5 Å². The normalized spacial score (nSPS) is 22.9. The molecule has 1 aromatic rings. The van der Waals surface area contributed by atoms with Crippen molar-refractivity contribution in [3.63, 3.8) is 0 Å². The van der Waals surface area contributed by atoms with Crippen molar-refractivity contribution in [2.24, 2.45) is 0 Å². The summed E-state index contributed by atoms with van der Waals surface area (Å²) in [5.41, 5.74) is 1.91. The molecule has 0 aliphatic carbocycles. The van der Waals surface area contributed by atoms with Gasteiger partial charge in [0.15, 0.2) is 6.61 Å². The number of rotatable bonds is 2. The smallest absolute Gasteiger partial charge is 0.262 e. The van der Waals surface area contributed by atoms with E-state index in [2.05, 4.69) is 10.6 Å². The average Bonchev–Trinajstić information content (AvgIpc) is 2.40. The Hall–Kier alpha value is -1.59. The SMILES string of the molecule is O=C1COc2cc(CC3CNCCO3)ccc2N1. The fraction of sp³-hybridized carbons (Fsp3) is 0.462. The summed E-state index contributed by atoms with van der Waals surface area (Å²) in [6, 6.07) is 5.87. The van der Waals surface area contributed by atoms with Gasteiger partial charge in [-0.05, 0) is 17.7 Å². The van der Waals surface area contributed by atoms with E-state index in [-0.39, 0.29) is 18.6 Å². The van der Waals surface area contributed by atoms with Crippen molar-refractivity contribution in [1.82, 2.24) is 5.32 Å². The molecule has 1 saturated heterocycles. The lowest BCUT2D eigenvalue weighted by Crippen LogP contribution is -2.39. The first kappa shape index (κ1) is 11.5. The molecular weight excluding hydrogens is 232 g/mol. The van der Waals surface area contributed by atoms with E-state index in [1.54, 1.807) is 0 Å². The maximum Gasteiger partial charge on any atom is 0.262 e. The minimum atomic E-state index is -0.102. The minimum Gasteiger partial charge on any atom is -0.482 e. The van der Waals surface area contributed by atoms with Crippen LogP contribution in [0.15, 0.2) is 18.2 Å². The van der Waals surface area contributed by atoms with Gasteiger partial charge in [0.1, 0.15) is 5.75 Å². The van der Waals surface area contributed by atoms with Crippen LogP contribution >= 0.6 is 0 Å². The topological polar surface area (TPSA) is 59.6 Å². The van der Waals surface area contributed by atoms with Crippen LogP contribution in [0.25, 0.3) is 0 Å². The monoisotopic (exact) mass is 248 g/mol. The standard InChI is InChI=1S/C13H16N2O3/c16-13-8-18-12-6-9(1-2-11(12)15-13)5-10-7-14-3-4-17-10/h1-2,6,10,14H,3-5,7-8H2,(H,15,16). The fourth-order valence-electron chi connectivity index (χ4n) is 2.26. The Bertz CT molecular complexity index is 456. The molecule has 96 valence electrons.